The van der Waals surface area contributed by atoms with Gasteiger partial charge in [-0.3, -0.25) is 4.90 Å². The Bertz CT molecular complexity index is 1220. The van der Waals surface area contributed by atoms with E-state index in [1.807, 2.05) is 18.2 Å². The van der Waals surface area contributed by atoms with Gasteiger partial charge < -0.3 is 15.7 Å². The molecule has 0 radical (unpaired) electrons. The van der Waals surface area contributed by atoms with E-state index in [1.165, 1.54) is 23.1 Å². The van der Waals surface area contributed by atoms with E-state index in [4.69, 9.17) is 5.73 Å². The number of hydrogen-bond donors (Lipinski definition) is 2. The summed E-state index contributed by atoms with van der Waals surface area (Å²) in [5.74, 6) is -0.551. The molecule has 0 aliphatic carbocycles. The van der Waals surface area contributed by atoms with Crippen molar-refractivity contribution in [2.45, 2.75) is 58.8 Å². The molecule has 1 aliphatic rings. The van der Waals surface area contributed by atoms with E-state index in [-0.39, 0.29) is 35.7 Å². The number of fused-ring (bicyclic) bond motifs is 1. The molecule has 3 aromatic rings. The number of amides is 1. The summed E-state index contributed by atoms with van der Waals surface area (Å²) < 4.78 is 27.7. The molecular formula is C30H35F2N3O2. The zero-order valence-corrected chi connectivity index (χ0v) is 21.6. The van der Waals surface area contributed by atoms with E-state index >= 15 is 0 Å². The largest absolute Gasteiger partial charge is 0.465 e. The van der Waals surface area contributed by atoms with Crippen LogP contribution in [0.2, 0.25) is 0 Å². The first-order valence-electron chi connectivity index (χ1n) is 12.6. The van der Waals surface area contributed by atoms with Crippen LogP contribution in [0.1, 0.15) is 43.0 Å². The van der Waals surface area contributed by atoms with E-state index in [1.54, 1.807) is 30.3 Å². The summed E-state index contributed by atoms with van der Waals surface area (Å²) in [6.45, 7) is 7.50. The first-order chi connectivity index (χ1) is 17.5. The van der Waals surface area contributed by atoms with Gasteiger partial charge in [0.05, 0.1) is 0 Å². The maximum atomic E-state index is 14.1. The van der Waals surface area contributed by atoms with E-state index < -0.39 is 6.09 Å². The minimum absolute atomic E-state index is 0.00356. The zero-order chi connectivity index (χ0) is 26.7. The molecule has 0 fully saturated rings. The Labute approximate surface area is 217 Å². The minimum atomic E-state index is -0.986. The van der Waals surface area contributed by atoms with Gasteiger partial charge in [-0.1, -0.05) is 51.1 Å². The molecule has 196 valence electrons. The van der Waals surface area contributed by atoms with E-state index in [9.17, 15) is 18.7 Å². The molecule has 7 heteroatoms. The average Bonchev–Trinajstić information content (AvgIpc) is 2.83. The lowest BCUT2D eigenvalue weighted by Crippen LogP contribution is -2.57. The second-order valence-electron chi connectivity index (χ2n) is 11.1. The number of nitrogen functional groups attached to an aromatic ring is 1. The molecule has 0 saturated carbocycles. The molecule has 0 spiro atoms. The second-order valence-corrected chi connectivity index (χ2v) is 11.1. The van der Waals surface area contributed by atoms with Crippen molar-refractivity contribution in [3.8, 4) is 0 Å². The number of hydrogen-bond acceptors (Lipinski definition) is 3. The van der Waals surface area contributed by atoms with Gasteiger partial charge >= 0.3 is 6.09 Å². The van der Waals surface area contributed by atoms with Gasteiger partial charge in [0.25, 0.3) is 0 Å². The lowest BCUT2D eigenvalue weighted by molar-refractivity contribution is 0.0178. The minimum Gasteiger partial charge on any atom is -0.465 e. The Balaban J connectivity index is 1.67. The van der Waals surface area contributed by atoms with Crippen molar-refractivity contribution < 1.29 is 18.7 Å². The number of nitrogens with two attached hydrogens (primary N) is 1. The van der Waals surface area contributed by atoms with Crippen molar-refractivity contribution in [2.75, 3.05) is 12.3 Å². The third-order valence-corrected chi connectivity index (χ3v) is 7.25. The highest BCUT2D eigenvalue weighted by Crippen LogP contribution is 2.35. The lowest BCUT2D eigenvalue weighted by Gasteiger charge is -2.48. The number of carbonyl (C=O) groups is 1. The molecule has 1 heterocycles. The van der Waals surface area contributed by atoms with Gasteiger partial charge in [0.1, 0.15) is 11.6 Å². The summed E-state index contributed by atoms with van der Waals surface area (Å²) in [4.78, 5) is 16.2. The summed E-state index contributed by atoms with van der Waals surface area (Å²) in [5, 5.41) is 10.1. The van der Waals surface area contributed by atoms with Crippen molar-refractivity contribution in [3.05, 3.63) is 101 Å². The summed E-state index contributed by atoms with van der Waals surface area (Å²) in [6, 6.07) is 18.5. The van der Waals surface area contributed by atoms with Crippen LogP contribution in [0.5, 0.6) is 0 Å². The molecule has 3 N–H and O–H groups in total. The summed E-state index contributed by atoms with van der Waals surface area (Å²) >= 11 is 0. The Hall–Kier alpha value is -3.45. The molecular weight excluding hydrogens is 472 g/mol. The molecule has 2 atom stereocenters. The topological polar surface area (TPSA) is 69.8 Å². The third-order valence-electron chi connectivity index (χ3n) is 7.25. The highest BCUT2D eigenvalue weighted by atomic mass is 19.1. The van der Waals surface area contributed by atoms with Gasteiger partial charge in [-0.05, 0) is 76.9 Å². The molecule has 37 heavy (non-hydrogen) atoms. The maximum Gasteiger partial charge on any atom is 0.407 e. The molecule has 3 aromatic carbocycles. The normalized spacial score (nSPS) is 16.7. The molecule has 5 nitrogen and oxygen atoms in total. The van der Waals surface area contributed by atoms with Crippen LogP contribution in [0, 0.1) is 17.0 Å². The van der Waals surface area contributed by atoms with Crippen LogP contribution in [0.15, 0.2) is 66.7 Å². The lowest BCUT2D eigenvalue weighted by atomic mass is 9.80. The van der Waals surface area contributed by atoms with Crippen molar-refractivity contribution in [2.24, 2.45) is 5.41 Å². The highest BCUT2D eigenvalue weighted by molar-refractivity contribution is 5.65. The quantitative estimate of drug-likeness (QED) is 0.379. The van der Waals surface area contributed by atoms with Crippen molar-refractivity contribution >= 4 is 11.8 Å². The fraction of sp³-hybridized carbons (Fsp3) is 0.367. The molecule has 1 amide bonds. The number of benzene rings is 3. The number of rotatable bonds is 7. The zero-order valence-electron chi connectivity index (χ0n) is 21.6. The van der Waals surface area contributed by atoms with E-state index in [2.05, 4.69) is 25.7 Å². The predicted molar refractivity (Wildman–Crippen MR) is 142 cm³/mol. The summed E-state index contributed by atoms with van der Waals surface area (Å²) in [6.07, 6.45) is 0.288. The van der Waals surface area contributed by atoms with Crippen LogP contribution >= 0.6 is 0 Å². The van der Waals surface area contributed by atoms with Crippen molar-refractivity contribution in [3.63, 3.8) is 0 Å². The average molecular weight is 508 g/mol. The Kier molecular flexibility index (Phi) is 7.83. The van der Waals surface area contributed by atoms with Gasteiger partial charge in [0.2, 0.25) is 0 Å². The molecule has 0 aromatic heterocycles. The number of anilines is 1. The Morgan fingerprint density at radius 3 is 2.24 bits per heavy atom. The molecule has 1 aliphatic heterocycles. The van der Waals surface area contributed by atoms with E-state index in [0.717, 1.165) is 22.3 Å². The Morgan fingerprint density at radius 2 is 1.62 bits per heavy atom. The molecule has 0 bridgehead atoms. The highest BCUT2D eigenvalue weighted by Gasteiger charge is 2.39. The monoisotopic (exact) mass is 507 g/mol. The van der Waals surface area contributed by atoms with Gasteiger partial charge in [-0.2, -0.15) is 0 Å². The summed E-state index contributed by atoms with van der Waals surface area (Å²) in [7, 11) is 0. The fourth-order valence-electron chi connectivity index (χ4n) is 5.22. The first kappa shape index (κ1) is 26.6. The first-order valence-corrected chi connectivity index (χ1v) is 12.6. The molecule has 4 rings (SSSR count). The smallest absolute Gasteiger partial charge is 0.407 e. The van der Waals surface area contributed by atoms with Crippen LogP contribution in [0.4, 0.5) is 19.3 Å². The molecule has 2 unspecified atom stereocenters. The maximum absolute atomic E-state index is 14.1. The fourth-order valence-corrected chi connectivity index (χ4v) is 5.22. The van der Waals surface area contributed by atoms with Gasteiger partial charge in [-0.25, -0.2) is 13.6 Å². The third kappa shape index (κ3) is 6.66. The van der Waals surface area contributed by atoms with Gasteiger partial charge in [-0.15, -0.1) is 0 Å². The molecule has 0 saturated heterocycles. The number of halogens is 2. The van der Waals surface area contributed by atoms with Gasteiger partial charge in [0, 0.05) is 37.4 Å². The summed E-state index contributed by atoms with van der Waals surface area (Å²) in [5.41, 5.74) is 10.0. The standard InChI is InChI=1S/C30H35F2N3O2/c1-30(2,3)28(19-34(29(36)37)17-21-6-12-26(33)13-7-21)35-18-22-8-11-25(32)15-23(22)16-27(35)14-20-4-9-24(31)10-5-20/h4-13,15,27-28H,14,16-19,33H2,1-3H3,(H,36,37). The van der Waals surface area contributed by atoms with Crippen molar-refractivity contribution in [1.82, 2.24) is 9.80 Å². The predicted octanol–water partition coefficient (Wildman–Crippen LogP) is 6.11. The van der Waals surface area contributed by atoms with E-state index in [0.29, 0.717) is 31.6 Å². The van der Waals surface area contributed by atoms with Crippen LogP contribution in [-0.4, -0.2) is 39.6 Å². The van der Waals surface area contributed by atoms with Gasteiger partial charge in [0.15, 0.2) is 0 Å². The van der Waals surface area contributed by atoms with Crippen LogP contribution < -0.4 is 5.73 Å². The van der Waals surface area contributed by atoms with Crippen LogP contribution in [0.25, 0.3) is 0 Å². The second kappa shape index (κ2) is 10.9. The number of carboxylic acid groups (broad SMARTS) is 1. The van der Waals surface area contributed by atoms with Crippen molar-refractivity contribution in [1.29, 1.82) is 0 Å². The Morgan fingerprint density at radius 1 is 1.00 bits per heavy atom. The van der Waals surface area contributed by atoms with Crippen LogP contribution in [0.3, 0.4) is 0 Å². The SMILES string of the molecule is CC(C)(C)C(CN(Cc1ccc(N)cc1)C(=O)O)N1Cc2ccc(F)cc2CC1Cc1ccc(F)cc1. The van der Waals surface area contributed by atoms with Crippen LogP contribution in [-0.2, 0) is 25.9 Å². The number of nitrogens with zero attached hydrogens (tertiary/aromatic N) is 2.